The van der Waals surface area contributed by atoms with Gasteiger partial charge in [0.25, 0.3) is 0 Å². The molecule has 0 radical (unpaired) electrons. The Balaban J connectivity index is 4.01. The number of hydrogen-bond donors (Lipinski definition) is 0. The highest BCUT2D eigenvalue weighted by molar-refractivity contribution is 5.71. The first kappa shape index (κ1) is 67.4. The van der Waals surface area contributed by atoms with Crippen LogP contribution >= 0.6 is 0 Å². The largest absolute Gasteiger partial charge is 0.462 e. The van der Waals surface area contributed by atoms with Crippen molar-refractivity contribution in [3.8, 4) is 0 Å². The molecule has 1 unspecified atom stereocenters. The number of rotatable bonds is 56. The summed E-state index contributed by atoms with van der Waals surface area (Å²) < 4.78 is 16.8. The summed E-state index contributed by atoms with van der Waals surface area (Å²) in [5.41, 5.74) is 0. The van der Waals surface area contributed by atoms with Gasteiger partial charge in [0.1, 0.15) is 13.2 Å². The smallest absolute Gasteiger partial charge is 0.306 e. The molecule has 0 saturated heterocycles. The summed E-state index contributed by atoms with van der Waals surface area (Å²) in [4.78, 5) is 38.0. The first-order valence-electron chi connectivity index (χ1n) is 30.6. The van der Waals surface area contributed by atoms with Gasteiger partial charge < -0.3 is 14.2 Å². The van der Waals surface area contributed by atoms with Crippen LogP contribution in [-0.4, -0.2) is 37.2 Å². The van der Waals surface area contributed by atoms with E-state index in [1.54, 1.807) is 0 Å². The zero-order valence-electron chi connectivity index (χ0n) is 46.8. The van der Waals surface area contributed by atoms with Gasteiger partial charge in [-0.05, 0) is 57.8 Å². The molecule has 408 valence electrons. The van der Waals surface area contributed by atoms with Gasteiger partial charge in [0.05, 0.1) is 0 Å². The van der Waals surface area contributed by atoms with Gasteiger partial charge in [0.2, 0.25) is 0 Å². The zero-order chi connectivity index (χ0) is 50.7. The van der Waals surface area contributed by atoms with Crippen LogP contribution in [0.5, 0.6) is 0 Å². The Morgan fingerprint density at radius 1 is 0.300 bits per heavy atom. The van der Waals surface area contributed by atoms with Gasteiger partial charge in [-0.2, -0.15) is 0 Å². The van der Waals surface area contributed by atoms with Gasteiger partial charge in [-0.3, -0.25) is 14.4 Å². The van der Waals surface area contributed by atoms with E-state index >= 15 is 0 Å². The third-order valence-corrected chi connectivity index (χ3v) is 13.6. The number of carbonyl (C=O) groups excluding carboxylic acids is 3. The Hall–Kier alpha value is -2.63. The lowest BCUT2D eigenvalue weighted by atomic mass is 10.0. The molecule has 6 heteroatoms. The van der Waals surface area contributed by atoms with E-state index in [4.69, 9.17) is 14.2 Å². The number of ether oxygens (including phenoxy) is 3. The lowest BCUT2D eigenvalue weighted by molar-refractivity contribution is -0.167. The SMILES string of the molecule is CC/C=C\C/C=C\C/C=C\C/C=C\CCCCCCCCCCCCCCCCCCCCC(=O)OCC(COC(=O)CCCCCCCCCCC)OC(=O)CCCCCCCCCCCCCC. The maximum absolute atomic E-state index is 12.8. The Bertz CT molecular complexity index is 1220. The van der Waals surface area contributed by atoms with Crippen LogP contribution in [0.15, 0.2) is 48.6 Å². The van der Waals surface area contributed by atoms with E-state index in [0.717, 1.165) is 83.5 Å². The Morgan fingerprint density at radius 3 is 0.871 bits per heavy atom. The molecule has 0 saturated carbocycles. The van der Waals surface area contributed by atoms with Crippen molar-refractivity contribution in [1.82, 2.24) is 0 Å². The minimum Gasteiger partial charge on any atom is -0.462 e. The number of esters is 3. The standard InChI is InChI=1S/C64H116O6/c1-4-7-10-13-16-19-21-23-24-25-26-27-28-29-30-31-32-33-34-35-36-37-38-39-40-41-43-45-48-51-54-57-63(66)69-60-61(59-68-62(65)56-53-50-47-44-18-15-12-9-6-3)70-64(67)58-55-52-49-46-42-22-20-17-14-11-8-5-2/h7,10,16,19,23-24,26-27,61H,4-6,8-9,11-15,17-18,20-22,25,28-60H2,1-3H3/b10-7-,19-16-,24-23-,27-26-. The van der Waals surface area contributed by atoms with Crippen molar-refractivity contribution in [1.29, 1.82) is 0 Å². The number of carbonyl (C=O) groups is 3. The Morgan fingerprint density at radius 2 is 0.557 bits per heavy atom. The van der Waals surface area contributed by atoms with E-state index in [1.807, 2.05) is 0 Å². The molecule has 0 aromatic carbocycles. The third kappa shape index (κ3) is 56.3. The van der Waals surface area contributed by atoms with Crippen molar-refractivity contribution in [2.24, 2.45) is 0 Å². The second kappa shape index (κ2) is 58.9. The average molecular weight is 982 g/mol. The van der Waals surface area contributed by atoms with Crippen molar-refractivity contribution < 1.29 is 28.6 Å². The van der Waals surface area contributed by atoms with Crippen molar-refractivity contribution in [2.45, 2.75) is 329 Å². The summed E-state index contributed by atoms with van der Waals surface area (Å²) in [5, 5.41) is 0. The third-order valence-electron chi connectivity index (χ3n) is 13.6. The molecule has 0 amide bonds. The first-order chi connectivity index (χ1) is 34.5. The minimum absolute atomic E-state index is 0.0664. The summed E-state index contributed by atoms with van der Waals surface area (Å²) in [5.74, 6) is -0.851. The molecule has 0 aliphatic rings. The molecular weight excluding hydrogens is 865 g/mol. The van der Waals surface area contributed by atoms with Crippen molar-refractivity contribution in [3.63, 3.8) is 0 Å². The van der Waals surface area contributed by atoms with Crippen LogP contribution in [0.4, 0.5) is 0 Å². The minimum atomic E-state index is -0.765. The lowest BCUT2D eigenvalue weighted by Crippen LogP contribution is -2.30. The molecule has 0 spiro atoms. The predicted octanol–water partition coefficient (Wildman–Crippen LogP) is 20.6. The molecule has 70 heavy (non-hydrogen) atoms. The van der Waals surface area contributed by atoms with Crippen LogP contribution in [0.3, 0.4) is 0 Å². The summed E-state index contributed by atoms with van der Waals surface area (Å²) in [6.45, 7) is 6.54. The lowest BCUT2D eigenvalue weighted by Gasteiger charge is -2.18. The van der Waals surface area contributed by atoms with Crippen LogP contribution in [-0.2, 0) is 28.6 Å². The molecular formula is C64H116O6. The van der Waals surface area contributed by atoms with E-state index in [1.165, 1.54) is 199 Å². The fraction of sp³-hybridized carbons (Fsp3) is 0.828. The Kier molecular flexibility index (Phi) is 56.7. The van der Waals surface area contributed by atoms with Gasteiger partial charge in [-0.25, -0.2) is 0 Å². The quantitative estimate of drug-likeness (QED) is 0.0261. The van der Waals surface area contributed by atoms with Crippen LogP contribution in [0.2, 0.25) is 0 Å². The molecule has 0 fully saturated rings. The van der Waals surface area contributed by atoms with E-state index in [9.17, 15) is 14.4 Å². The number of hydrogen-bond acceptors (Lipinski definition) is 6. The van der Waals surface area contributed by atoms with Crippen molar-refractivity contribution >= 4 is 17.9 Å². The molecule has 6 nitrogen and oxygen atoms in total. The summed E-state index contributed by atoms with van der Waals surface area (Å²) in [6.07, 6.45) is 72.8. The van der Waals surface area contributed by atoms with Gasteiger partial charge in [0.15, 0.2) is 6.10 Å². The summed E-state index contributed by atoms with van der Waals surface area (Å²) >= 11 is 0. The maximum atomic E-state index is 12.8. The summed E-state index contributed by atoms with van der Waals surface area (Å²) in [6, 6.07) is 0. The van der Waals surface area contributed by atoms with Gasteiger partial charge in [0, 0.05) is 19.3 Å². The molecule has 1 atom stereocenters. The first-order valence-corrected chi connectivity index (χ1v) is 30.6. The normalized spacial score (nSPS) is 12.3. The Labute approximate surface area is 435 Å². The zero-order valence-corrected chi connectivity index (χ0v) is 46.8. The van der Waals surface area contributed by atoms with E-state index in [2.05, 4.69) is 69.4 Å². The molecule has 0 N–H and O–H groups in total. The molecule has 0 rings (SSSR count). The monoisotopic (exact) mass is 981 g/mol. The molecule has 0 aliphatic heterocycles. The van der Waals surface area contributed by atoms with Gasteiger partial charge in [-0.15, -0.1) is 0 Å². The molecule has 0 bridgehead atoms. The van der Waals surface area contributed by atoms with Crippen LogP contribution < -0.4 is 0 Å². The van der Waals surface area contributed by atoms with Gasteiger partial charge >= 0.3 is 17.9 Å². The molecule has 0 heterocycles. The fourth-order valence-corrected chi connectivity index (χ4v) is 9.02. The maximum Gasteiger partial charge on any atom is 0.306 e. The van der Waals surface area contributed by atoms with Crippen LogP contribution in [0.1, 0.15) is 323 Å². The average Bonchev–Trinajstić information content (AvgIpc) is 3.36. The highest BCUT2D eigenvalue weighted by Crippen LogP contribution is 2.17. The molecule has 0 aromatic rings. The summed E-state index contributed by atoms with van der Waals surface area (Å²) in [7, 11) is 0. The topological polar surface area (TPSA) is 78.9 Å². The van der Waals surface area contributed by atoms with Crippen LogP contribution in [0.25, 0.3) is 0 Å². The van der Waals surface area contributed by atoms with Crippen molar-refractivity contribution in [3.05, 3.63) is 48.6 Å². The van der Waals surface area contributed by atoms with E-state index in [-0.39, 0.29) is 31.1 Å². The van der Waals surface area contributed by atoms with Gasteiger partial charge in [-0.1, -0.05) is 294 Å². The predicted molar refractivity (Wildman–Crippen MR) is 302 cm³/mol. The van der Waals surface area contributed by atoms with Crippen molar-refractivity contribution in [2.75, 3.05) is 13.2 Å². The molecule has 0 aliphatic carbocycles. The number of allylic oxidation sites excluding steroid dienone is 8. The van der Waals surface area contributed by atoms with E-state index < -0.39 is 6.10 Å². The highest BCUT2D eigenvalue weighted by Gasteiger charge is 2.19. The highest BCUT2D eigenvalue weighted by atomic mass is 16.6. The second-order valence-electron chi connectivity index (χ2n) is 20.6. The van der Waals surface area contributed by atoms with E-state index in [0.29, 0.717) is 19.3 Å². The second-order valence-corrected chi connectivity index (χ2v) is 20.6. The molecule has 0 aromatic heterocycles. The van der Waals surface area contributed by atoms with Crippen LogP contribution in [0, 0.1) is 0 Å². The number of unbranched alkanes of at least 4 members (excludes halogenated alkanes) is 37. The fourth-order valence-electron chi connectivity index (χ4n) is 9.02.